The average molecular weight is 701 g/mol. The molecule has 55 heavy (non-hydrogen) atoms. The largest absolute Gasteiger partial charge is 0.0616 e. The Hall–Kier alpha value is -6.76. The van der Waals surface area contributed by atoms with Crippen molar-refractivity contribution in [3.63, 3.8) is 0 Å². The summed E-state index contributed by atoms with van der Waals surface area (Å²) in [6, 6.07) is 76.0. The minimum absolute atomic E-state index is 0.218. The third kappa shape index (κ3) is 5.79. The molecule has 0 spiro atoms. The number of rotatable bonds is 6. The van der Waals surface area contributed by atoms with Crippen LogP contribution in [0.2, 0.25) is 0 Å². The molecule has 0 saturated carbocycles. The Bertz CT molecular complexity index is 2860. The molecule has 10 aromatic carbocycles. The van der Waals surface area contributed by atoms with Gasteiger partial charge < -0.3 is 0 Å². The Balaban J connectivity index is 1.000. The molecule has 0 atom stereocenters. The maximum absolute atomic E-state index is 2.38. The lowest BCUT2D eigenvalue weighted by molar-refractivity contribution is 0.641. The van der Waals surface area contributed by atoms with E-state index in [1.54, 1.807) is 0 Å². The van der Waals surface area contributed by atoms with E-state index in [0.717, 1.165) is 0 Å². The summed E-state index contributed by atoms with van der Waals surface area (Å²) in [6.45, 7) is 4.70. The molecule has 0 aliphatic carbocycles. The Labute approximate surface area is 323 Å². The zero-order chi connectivity index (χ0) is 36.9. The summed E-state index contributed by atoms with van der Waals surface area (Å²) in [4.78, 5) is 0. The molecule has 0 bridgehead atoms. The third-order valence-corrected chi connectivity index (χ3v) is 11.7. The van der Waals surface area contributed by atoms with Crippen molar-refractivity contribution in [2.75, 3.05) is 0 Å². The average Bonchev–Trinajstić information content (AvgIpc) is 3.26. The van der Waals surface area contributed by atoms with Crippen molar-refractivity contribution >= 4 is 43.1 Å². The van der Waals surface area contributed by atoms with Crippen LogP contribution in [0.1, 0.15) is 25.0 Å². The van der Waals surface area contributed by atoms with Gasteiger partial charge in [-0.25, -0.2) is 0 Å². The van der Waals surface area contributed by atoms with E-state index in [9.17, 15) is 0 Å². The van der Waals surface area contributed by atoms with Gasteiger partial charge in [-0.3, -0.25) is 0 Å². The maximum Gasteiger partial charge on any atom is 0.0147 e. The van der Waals surface area contributed by atoms with Crippen molar-refractivity contribution < 1.29 is 0 Å². The molecule has 0 fully saturated rings. The van der Waals surface area contributed by atoms with E-state index in [-0.39, 0.29) is 5.41 Å². The first kappa shape index (κ1) is 32.9. The second-order valence-electron chi connectivity index (χ2n) is 15.3. The fraction of sp³-hybridized carbons (Fsp3) is 0.0545. The molecular formula is C55H40. The van der Waals surface area contributed by atoms with Crippen molar-refractivity contribution in [1.29, 1.82) is 0 Å². The van der Waals surface area contributed by atoms with Gasteiger partial charge in [-0.15, -0.1) is 0 Å². The van der Waals surface area contributed by atoms with Crippen molar-refractivity contribution in [3.8, 4) is 44.5 Å². The van der Waals surface area contributed by atoms with Crippen molar-refractivity contribution in [2.24, 2.45) is 0 Å². The molecule has 0 unspecified atom stereocenters. The van der Waals surface area contributed by atoms with E-state index in [4.69, 9.17) is 0 Å². The molecule has 0 N–H and O–H groups in total. The highest BCUT2D eigenvalue weighted by molar-refractivity contribution is 6.15. The zero-order valence-corrected chi connectivity index (χ0v) is 31.1. The molecule has 0 heterocycles. The Morgan fingerprint density at radius 3 is 1.02 bits per heavy atom. The van der Waals surface area contributed by atoms with Gasteiger partial charge in [0, 0.05) is 5.41 Å². The molecule has 0 amide bonds. The molecule has 260 valence electrons. The summed E-state index contributed by atoms with van der Waals surface area (Å²) in [6.07, 6.45) is 0. The SMILES string of the molecule is CC(C)(c1cccc(-c2cccc(-c3cc4ccccc4c4ccccc34)c2)c1)c1cccc(-c2cccc(-c3cc4ccccc4c4ccccc34)c2)c1. The second kappa shape index (κ2) is 13.3. The fourth-order valence-corrected chi connectivity index (χ4v) is 8.66. The van der Waals surface area contributed by atoms with Gasteiger partial charge in [0.05, 0.1) is 0 Å². The summed E-state index contributed by atoms with van der Waals surface area (Å²) in [7, 11) is 0. The standard InChI is InChI=1S/C55H40/c1-55(2,45-23-13-19-39(33-45)37-17-11-21-41(31-37)53-35-43-15-3-5-25-47(43)49-27-7-9-29-51(49)53)46-24-14-20-40(34-46)38-18-12-22-42(32-38)54-36-44-16-4-6-26-48(44)50-28-8-10-30-52(50)54/h3-36H,1-2H3. The van der Waals surface area contributed by atoms with E-state index < -0.39 is 0 Å². The van der Waals surface area contributed by atoms with Gasteiger partial charge in [-0.05, 0) is 123 Å². The van der Waals surface area contributed by atoms with Crippen LogP contribution in [0.5, 0.6) is 0 Å². The predicted octanol–water partition coefficient (Wildman–Crippen LogP) is 15.3. The highest BCUT2D eigenvalue weighted by Crippen LogP contribution is 2.40. The van der Waals surface area contributed by atoms with Crippen LogP contribution in [0, 0.1) is 0 Å². The zero-order valence-electron chi connectivity index (χ0n) is 31.1. The van der Waals surface area contributed by atoms with Gasteiger partial charge >= 0.3 is 0 Å². The minimum atomic E-state index is -0.218. The first-order valence-electron chi connectivity index (χ1n) is 19.2. The molecule has 0 aliphatic rings. The number of fused-ring (bicyclic) bond motifs is 6. The minimum Gasteiger partial charge on any atom is -0.0616 e. The summed E-state index contributed by atoms with van der Waals surface area (Å²) < 4.78 is 0. The monoisotopic (exact) mass is 700 g/mol. The van der Waals surface area contributed by atoms with E-state index in [2.05, 4.69) is 220 Å². The van der Waals surface area contributed by atoms with E-state index in [1.165, 1.54) is 98.7 Å². The van der Waals surface area contributed by atoms with Crippen molar-refractivity contribution in [2.45, 2.75) is 19.3 Å². The molecule has 0 saturated heterocycles. The van der Waals surface area contributed by atoms with Gasteiger partial charge in [-0.1, -0.05) is 196 Å². The third-order valence-electron chi connectivity index (χ3n) is 11.7. The molecule has 10 aromatic rings. The lowest BCUT2D eigenvalue weighted by Gasteiger charge is -2.27. The summed E-state index contributed by atoms with van der Waals surface area (Å²) >= 11 is 0. The molecule has 0 aromatic heterocycles. The summed E-state index contributed by atoms with van der Waals surface area (Å²) in [5, 5.41) is 10.3. The smallest absolute Gasteiger partial charge is 0.0147 e. The summed E-state index contributed by atoms with van der Waals surface area (Å²) in [5.41, 5.74) is 12.3. The Morgan fingerprint density at radius 2 is 0.582 bits per heavy atom. The van der Waals surface area contributed by atoms with Gasteiger partial charge in [0.15, 0.2) is 0 Å². The van der Waals surface area contributed by atoms with E-state index >= 15 is 0 Å². The van der Waals surface area contributed by atoms with Crippen molar-refractivity contribution in [3.05, 3.63) is 217 Å². The second-order valence-corrected chi connectivity index (χ2v) is 15.3. The van der Waals surface area contributed by atoms with Gasteiger partial charge in [-0.2, -0.15) is 0 Å². The number of hydrogen-bond acceptors (Lipinski definition) is 0. The molecule has 10 rings (SSSR count). The fourth-order valence-electron chi connectivity index (χ4n) is 8.66. The Morgan fingerprint density at radius 1 is 0.255 bits per heavy atom. The van der Waals surface area contributed by atoms with Crippen molar-refractivity contribution in [1.82, 2.24) is 0 Å². The molecule has 0 aliphatic heterocycles. The Kier molecular flexibility index (Phi) is 7.93. The lowest BCUT2D eigenvalue weighted by Crippen LogP contribution is -2.19. The van der Waals surface area contributed by atoms with Crippen LogP contribution in [0.25, 0.3) is 87.6 Å². The summed E-state index contributed by atoms with van der Waals surface area (Å²) in [5.74, 6) is 0. The molecule has 0 radical (unpaired) electrons. The van der Waals surface area contributed by atoms with Crippen LogP contribution in [-0.4, -0.2) is 0 Å². The van der Waals surface area contributed by atoms with Gasteiger partial charge in [0.1, 0.15) is 0 Å². The first-order valence-corrected chi connectivity index (χ1v) is 19.2. The quantitative estimate of drug-likeness (QED) is 0.152. The van der Waals surface area contributed by atoms with E-state index in [0.29, 0.717) is 0 Å². The molecular weight excluding hydrogens is 661 g/mol. The van der Waals surface area contributed by atoms with Crippen LogP contribution in [-0.2, 0) is 5.41 Å². The molecule has 0 nitrogen and oxygen atoms in total. The van der Waals surface area contributed by atoms with Crippen LogP contribution >= 0.6 is 0 Å². The lowest BCUT2D eigenvalue weighted by atomic mass is 9.76. The van der Waals surface area contributed by atoms with Gasteiger partial charge in [0.25, 0.3) is 0 Å². The topological polar surface area (TPSA) is 0 Å². The predicted molar refractivity (Wildman–Crippen MR) is 237 cm³/mol. The number of benzene rings is 10. The highest BCUT2D eigenvalue weighted by atomic mass is 14.3. The van der Waals surface area contributed by atoms with Crippen LogP contribution in [0.4, 0.5) is 0 Å². The maximum atomic E-state index is 2.38. The van der Waals surface area contributed by atoms with E-state index in [1.807, 2.05) is 0 Å². The first-order chi connectivity index (χ1) is 27.0. The van der Waals surface area contributed by atoms with Crippen LogP contribution in [0.15, 0.2) is 206 Å². The normalized spacial score (nSPS) is 11.8. The highest BCUT2D eigenvalue weighted by Gasteiger charge is 2.24. The van der Waals surface area contributed by atoms with Crippen LogP contribution < -0.4 is 0 Å². The van der Waals surface area contributed by atoms with Crippen LogP contribution in [0.3, 0.4) is 0 Å². The number of hydrogen-bond donors (Lipinski definition) is 0. The van der Waals surface area contributed by atoms with Gasteiger partial charge in [0.2, 0.25) is 0 Å². The molecule has 0 heteroatoms.